The van der Waals surface area contributed by atoms with Crippen molar-refractivity contribution in [3.63, 3.8) is 0 Å². The summed E-state index contributed by atoms with van der Waals surface area (Å²) in [5, 5.41) is 19.8. The van der Waals surface area contributed by atoms with Crippen molar-refractivity contribution < 1.29 is 14.9 Å². The number of nitrogens with one attached hydrogen (secondary N) is 1. The lowest BCUT2D eigenvalue weighted by Crippen LogP contribution is -2.46. The van der Waals surface area contributed by atoms with Gasteiger partial charge in [0.1, 0.15) is 5.76 Å². The number of aliphatic hydroxyl groups excluding tert-OH is 1. The number of ether oxygens (including phenoxy) is 1. The smallest absolute Gasteiger partial charge is 0.331 e. The maximum absolute atomic E-state index is 11.6. The number of aromatic nitrogens is 2. The molecule has 0 amide bonds. The van der Waals surface area contributed by atoms with Crippen molar-refractivity contribution in [3.05, 3.63) is 45.4 Å². The molecule has 1 aliphatic heterocycles. The summed E-state index contributed by atoms with van der Waals surface area (Å²) in [6.45, 7) is 3.39. The summed E-state index contributed by atoms with van der Waals surface area (Å²) in [5.74, 6) is 1.82. The molecule has 7 nitrogen and oxygen atoms in total. The molecule has 18 heavy (non-hydrogen) atoms. The van der Waals surface area contributed by atoms with Crippen molar-refractivity contribution in [2.45, 2.75) is 17.9 Å². The second kappa shape index (κ2) is 3.87. The van der Waals surface area contributed by atoms with Crippen LogP contribution in [0.5, 0.6) is 0 Å². The summed E-state index contributed by atoms with van der Waals surface area (Å²) in [6, 6.07) is 1.06. The summed E-state index contributed by atoms with van der Waals surface area (Å²) < 4.78 is 5.97. The van der Waals surface area contributed by atoms with E-state index < -0.39 is 29.2 Å². The summed E-state index contributed by atoms with van der Waals surface area (Å²) in [5.41, 5.74) is -3.54. The van der Waals surface area contributed by atoms with E-state index in [1.165, 1.54) is 0 Å². The van der Waals surface area contributed by atoms with Crippen molar-refractivity contribution >= 4 is 0 Å². The van der Waals surface area contributed by atoms with E-state index in [1.807, 2.05) is 10.9 Å². The van der Waals surface area contributed by atoms with Gasteiger partial charge < -0.3 is 14.9 Å². The molecule has 3 N–H and O–H groups in total. The van der Waals surface area contributed by atoms with Gasteiger partial charge in [-0.2, -0.15) is 0 Å². The van der Waals surface area contributed by atoms with Crippen LogP contribution < -0.4 is 11.2 Å². The Kier molecular flexibility index (Phi) is 2.62. The zero-order valence-corrected chi connectivity index (χ0v) is 9.16. The lowest BCUT2D eigenvalue weighted by molar-refractivity contribution is -0.0666. The summed E-state index contributed by atoms with van der Waals surface area (Å²) >= 11 is 0. The first-order chi connectivity index (χ1) is 8.40. The summed E-state index contributed by atoms with van der Waals surface area (Å²) in [6.07, 6.45) is 3.40. The Morgan fingerprint density at radius 1 is 1.61 bits per heavy atom. The van der Waals surface area contributed by atoms with Gasteiger partial charge in [-0.1, -0.05) is 12.5 Å². The van der Waals surface area contributed by atoms with Gasteiger partial charge in [-0.05, 0) is 0 Å². The fourth-order valence-corrected chi connectivity index (χ4v) is 1.71. The first-order valence-electron chi connectivity index (χ1n) is 4.95. The fourth-order valence-electron chi connectivity index (χ4n) is 1.71. The zero-order chi connectivity index (χ0) is 13.5. The Bertz CT molecular complexity index is 652. The monoisotopic (exact) mass is 250 g/mol. The van der Waals surface area contributed by atoms with Crippen LogP contribution in [0, 0.1) is 12.3 Å². The van der Waals surface area contributed by atoms with E-state index in [1.54, 1.807) is 0 Å². The first-order valence-corrected chi connectivity index (χ1v) is 4.95. The van der Waals surface area contributed by atoms with Crippen molar-refractivity contribution in [1.29, 1.82) is 0 Å². The molecule has 0 bridgehead atoms. The van der Waals surface area contributed by atoms with Crippen molar-refractivity contribution in [3.8, 4) is 12.3 Å². The molecule has 0 radical (unpaired) electrons. The van der Waals surface area contributed by atoms with Crippen LogP contribution in [0.1, 0.15) is 6.23 Å². The zero-order valence-electron chi connectivity index (χ0n) is 9.16. The Morgan fingerprint density at radius 2 is 2.28 bits per heavy atom. The Balaban J connectivity index is 2.58. The third-order valence-corrected chi connectivity index (χ3v) is 2.70. The van der Waals surface area contributed by atoms with Crippen LogP contribution in [0.3, 0.4) is 0 Å². The Morgan fingerprint density at radius 3 is 2.83 bits per heavy atom. The second-order valence-electron chi connectivity index (χ2n) is 3.83. The molecule has 1 fully saturated rings. The molecule has 0 aliphatic carbocycles. The molecule has 0 spiro atoms. The van der Waals surface area contributed by atoms with E-state index in [9.17, 15) is 19.8 Å². The van der Waals surface area contributed by atoms with E-state index in [-0.39, 0.29) is 5.76 Å². The highest BCUT2D eigenvalue weighted by atomic mass is 16.6. The quantitative estimate of drug-likeness (QED) is 0.515. The van der Waals surface area contributed by atoms with Crippen molar-refractivity contribution in [2.75, 3.05) is 0 Å². The molecule has 94 valence electrons. The molecule has 7 heteroatoms. The largest absolute Gasteiger partial charge is 0.468 e. The Labute approximate surface area is 101 Å². The third-order valence-electron chi connectivity index (χ3n) is 2.70. The predicted octanol–water partition coefficient (Wildman–Crippen LogP) is -1.70. The van der Waals surface area contributed by atoms with Gasteiger partial charge in [0, 0.05) is 12.3 Å². The number of hydrogen-bond acceptors (Lipinski definition) is 5. The molecule has 3 atom stereocenters. The lowest BCUT2D eigenvalue weighted by Gasteiger charge is -2.24. The highest BCUT2D eigenvalue weighted by Crippen LogP contribution is 2.38. The molecule has 0 unspecified atom stereocenters. The minimum atomic E-state index is -2.13. The molecule has 2 rings (SSSR count). The van der Waals surface area contributed by atoms with Crippen molar-refractivity contribution in [1.82, 2.24) is 9.55 Å². The molecule has 1 aromatic rings. The van der Waals surface area contributed by atoms with E-state index in [0.717, 1.165) is 16.8 Å². The third kappa shape index (κ3) is 1.55. The highest BCUT2D eigenvalue weighted by Gasteiger charge is 2.53. The van der Waals surface area contributed by atoms with E-state index >= 15 is 0 Å². The van der Waals surface area contributed by atoms with Crippen LogP contribution >= 0.6 is 0 Å². The highest BCUT2D eigenvalue weighted by molar-refractivity contribution is 5.25. The SMILES string of the molecule is C#C[C@@]1(O)[C@H](O)C(=C)O[C@H]1n1ccc(=O)[nH]c1=O. The van der Waals surface area contributed by atoms with Crippen LogP contribution in [-0.4, -0.2) is 31.5 Å². The lowest BCUT2D eigenvalue weighted by atomic mass is 9.97. The van der Waals surface area contributed by atoms with Crippen LogP contribution in [0.2, 0.25) is 0 Å². The molecule has 1 aromatic heterocycles. The van der Waals surface area contributed by atoms with E-state index in [4.69, 9.17) is 11.2 Å². The topological polar surface area (TPSA) is 105 Å². The summed E-state index contributed by atoms with van der Waals surface area (Å²) in [4.78, 5) is 24.5. The molecular weight excluding hydrogens is 240 g/mol. The van der Waals surface area contributed by atoms with Crippen molar-refractivity contribution in [2.24, 2.45) is 0 Å². The normalized spacial score (nSPS) is 30.8. The molecular formula is C11H10N2O5. The number of nitrogens with zero attached hydrogens (tertiary/aromatic N) is 1. The number of terminal acetylenes is 1. The van der Waals surface area contributed by atoms with E-state index in [0.29, 0.717) is 0 Å². The van der Waals surface area contributed by atoms with Crippen LogP contribution in [0.25, 0.3) is 0 Å². The number of rotatable bonds is 1. The van der Waals surface area contributed by atoms with Gasteiger partial charge in [0.15, 0.2) is 6.10 Å². The number of hydrogen-bond donors (Lipinski definition) is 3. The number of H-pyrrole nitrogens is 1. The predicted molar refractivity (Wildman–Crippen MR) is 60.4 cm³/mol. The molecule has 1 aliphatic rings. The van der Waals surface area contributed by atoms with Crippen LogP contribution in [0.15, 0.2) is 34.2 Å². The van der Waals surface area contributed by atoms with Gasteiger partial charge in [-0.3, -0.25) is 14.3 Å². The van der Waals surface area contributed by atoms with Gasteiger partial charge in [0.2, 0.25) is 11.8 Å². The second-order valence-corrected chi connectivity index (χ2v) is 3.83. The molecule has 1 saturated heterocycles. The molecule has 0 saturated carbocycles. The minimum absolute atomic E-state index is 0.154. The average molecular weight is 250 g/mol. The maximum Gasteiger partial charge on any atom is 0.331 e. The summed E-state index contributed by atoms with van der Waals surface area (Å²) in [7, 11) is 0. The number of aromatic amines is 1. The average Bonchev–Trinajstić information content (AvgIpc) is 2.55. The van der Waals surface area contributed by atoms with E-state index in [2.05, 4.69) is 6.58 Å². The van der Waals surface area contributed by atoms with Gasteiger partial charge in [0.25, 0.3) is 5.56 Å². The Hall–Kier alpha value is -2.30. The van der Waals surface area contributed by atoms with Gasteiger partial charge >= 0.3 is 5.69 Å². The molecule has 2 heterocycles. The van der Waals surface area contributed by atoms with Gasteiger partial charge in [0.05, 0.1) is 0 Å². The van der Waals surface area contributed by atoms with Gasteiger partial charge in [-0.25, -0.2) is 4.79 Å². The van der Waals surface area contributed by atoms with Gasteiger partial charge in [-0.15, -0.1) is 6.42 Å². The fraction of sp³-hybridized carbons (Fsp3) is 0.273. The minimum Gasteiger partial charge on any atom is -0.468 e. The number of aliphatic hydroxyl groups is 2. The standard InChI is InChI=1S/C11H10N2O5/c1-3-11(17)8(15)6(2)18-9(11)13-5-4-7(14)12-10(13)16/h1,4-5,8-9,15,17H,2H2,(H,12,14,16)/t8-,9-,11-/m1/s1. The molecule has 0 aromatic carbocycles. The first kappa shape index (κ1) is 12.2. The maximum atomic E-state index is 11.6. The van der Waals surface area contributed by atoms with Crippen LogP contribution in [-0.2, 0) is 4.74 Å². The van der Waals surface area contributed by atoms with Crippen LogP contribution in [0.4, 0.5) is 0 Å².